The number of aryl methyl sites for hydroxylation is 1. The summed E-state index contributed by atoms with van der Waals surface area (Å²) in [5, 5.41) is 9.41. The molecule has 0 spiro atoms. The molecule has 0 N–H and O–H groups in total. The molecule has 3 heterocycles. The summed E-state index contributed by atoms with van der Waals surface area (Å²) in [6.45, 7) is 9.51. The minimum absolute atomic E-state index is 0.0133. The molecule has 4 rings (SSSR count). The van der Waals surface area contributed by atoms with Crippen molar-refractivity contribution in [1.82, 2.24) is 19.3 Å². The summed E-state index contributed by atoms with van der Waals surface area (Å²) in [6.07, 6.45) is 0. The molecule has 31 heavy (non-hydrogen) atoms. The zero-order chi connectivity index (χ0) is 22.0. The van der Waals surface area contributed by atoms with Crippen molar-refractivity contribution in [1.29, 1.82) is 0 Å². The smallest absolute Gasteiger partial charge is 0.228 e. The number of halogens is 1. The summed E-state index contributed by atoms with van der Waals surface area (Å²) < 4.78 is 23.1. The van der Waals surface area contributed by atoms with E-state index < -0.39 is 0 Å². The molecule has 1 aromatic carbocycles. The Morgan fingerprint density at radius 3 is 2.68 bits per heavy atom. The molecule has 0 radical (unpaired) electrons. The summed E-state index contributed by atoms with van der Waals surface area (Å²) in [6, 6.07) is 8.26. The molecule has 164 valence electrons. The van der Waals surface area contributed by atoms with Crippen molar-refractivity contribution in [2.24, 2.45) is 0 Å². The van der Waals surface area contributed by atoms with Crippen molar-refractivity contribution in [3.8, 4) is 5.69 Å². The number of anilines is 1. The van der Waals surface area contributed by atoms with Crippen LogP contribution in [0, 0.1) is 19.7 Å². The first-order valence-corrected chi connectivity index (χ1v) is 11.3. The molecule has 0 saturated carbocycles. The summed E-state index contributed by atoms with van der Waals surface area (Å²) >= 11 is 1.39. The predicted molar refractivity (Wildman–Crippen MR) is 119 cm³/mol. The van der Waals surface area contributed by atoms with E-state index in [0.717, 1.165) is 42.1 Å². The minimum Gasteiger partial charge on any atom is -0.378 e. The largest absolute Gasteiger partial charge is 0.378 e. The van der Waals surface area contributed by atoms with E-state index in [4.69, 9.17) is 4.74 Å². The lowest BCUT2D eigenvalue weighted by Crippen LogP contribution is -2.38. The third kappa shape index (κ3) is 4.38. The molecule has 0 atom stereocenters. The highest BCUT2D eigenvalue weighted by Crippen LogP contribution is 2.26. The molecule has 1 aliphatic heterocycles. The normalized spacial score (nSPS) is 14.3. The number of hydrogen-bond acceptors (Lipinski definition) is 6. The third-order valence-electron chi connectivity index (χ3n) is 5.44. The van der Waals surface area contributed by atoms with Crippen LogP contribution in [-0.4, -0.2) is 57.2 Å². The molecule has 2 aromatic heterocycles. The number of rotatable bonds is 7. The molecule has 3 aromatic rings. The van der Waals surface area contributed by atoms with Gasteiger partial charge in [0.15, 0.2) is 10.9 Å². The van der Waals surface area contributed by atoms with Crippen molar-refractivity contribution >= 4 is 23.5 Å². The van der Waals surface area contributed by atoms with Gasteiger partial charge in [-0.05, 0) is 45.0 Å². The maximum absolute atomic E-state index is 13.7. The number of nitrogens with zero attached hydrogens (tertiary/aromatic N) is 5. The first-order chi connectivity index (χ1) is 15.0. The Morgan fingerprint density at radius 2 is 1.97 bits per heavy atom. The maximum Gasteiger partial charge on any atom is 0.228 e. The Bertz CT molecular complexity index is 1090. The predicted octanol–water partition coefficient (Wildman–Crippen LogP) is 3.66. The van der Waals surface area contributed by atoms with Gasteiger partial charge in [-0.3, -0.25) is 9.36 Å². The van der Waals surface area contributed by atoms with Gasteiger partial charge in [0.2, 0.25) is 5.95 Å². The van der Waals surface area contributed by atoms with E-state index >= 15 is 0 Å². The number of carbonyl (C=O) groups excluding carboxylic acids is 1. The highest BCUT2D eigenvalue weighted by molar-refractivity contribution is 7.99. The van der Waals surface area contributed by atoms with E-state index in [1.54, 1.807) is 6.07 Å². The van der Waals surface area contributed by atoms with Gasteiger partial charge in [0.1, 0.15) is 5.82 Å². The Balaban J connectivity index is 1.51. The van der Waals surface area contributed by atoms with Gasteiger partial charge in [0, 0.05) is 42.3 Å². The Morgan fingerprint density at radius 1 is 1.19 bits per heavy atom. The van der Waals surface area contributed by atoms with E-state index in [1.807, 2.05) is 42.0 Å². The number of aromatic nitrogens is 4. The summed E-state index contributed by atoms with van der Waals surface area (Å²) in [7, 11) is 0. The molecule has 0 unspecified atom stereocenters. The van der Waals surface area contributed by atoms with Crippen molar-refractivity contribution in [3.05, 3.63) is 53.1 Å². The monoisotopic (exact) mass is 443 g/mol. The quantitative estimate of drug-likeness (QED) is 0.410. The molecule has 0 aliphatic carbocycles. The molecule has 9 heteroatoms. The molecule has 0 amide bonds. The zero-order valence-electron chi connectivity index (χ0n) is 18.0. The van der Waals surface area contributed by atoms with Gasteiger partial charge in [-0.25, -0.2) is 4.39 Å². The minimum atomic E-state index is -0.302. The van der Waals surface area contributed by atoms with Crippen LogP contribution < -0.4 is 4.90 Å². The highest BCUT2D eigenvalue weighted by atomic mass is 32.2. The first kappa shape index (κ1) is 21.6. The molecule has 1 fully saturated rings. The van der Waals surface area contributed by atoms with E-state index in [1.165, 1.54) is 23.9 Å². The van der Waals surface area contributed by atoms with Gasteiger partial charge in [-0.15, -0.1) is 10.2 Å². The van der Waals surface area contributed by atoms with Crippen LogP contribution in [0.25, 0.3) is 5.69 Å². The second-order valence-electron chi connectivity index (χ2n) is 7.44. The first-order valence-electron chi connectivity index (χ1n) is 10.4. The fourth-order valence-electron chi connectivity index (χ4n) is 3.93. The maximum atomic E-state index is 13.7. The van der Waals surface area contributed by atoms with Crippen LogP contribution >= 0.6 is 11.8 Å². The lowest BCUT2D eigenvalue weighted by atomic mass is 10.2. The van der Waals surface area contributed by atoms with Crippen LogP contribution in [0.1, 0.15) is 28.7 Å². The molecule has 7 nitrogen and oxygen atoms in total. The zero-order valence-corrected chi connectivity index (χ0v) is 18.8. The van der Waals surface area contributed by atoms with Crippen LogP contribution in [0.2, 0.25) is 0 Å². The van der Waals surface area contributed by atoms with Gasteiger partial charge in [0.25, 0.3) is 0 Å². The van der Waals surface area contributed by atoms with Gasteiger partial charge in [-0.2, -0.15) is 0 Å². The van der Waals surface area contributed by atoms with Crippen molar-refractivity contribution in [2.75, 3.05) is 37.0 Å². The van der Waals surface area contributed by atoms with Gasteiger partial charge >= 0.3 is 0 Å². The van der Waals surface area contributed by atoms with E-state index in [0.29, 0.717) is 24.5 Å². The van der Waals surface area contributed by atoms with Crippen LogP contribution in [0.3, 0.4) is 0 Å². The fraction of sp³-hybridized carbons (Fsp3) is 0.409. The van der Waals surface area contributed by atoms with Gasteiger partial charge < -0.3 is 14.2 Å². The van der Waals surface area contributed by atoms with E-state index in [9.17, 15) is 9.18 Å². The SMILES string of the molecule is CCn1c(SCC(=O)c2cc(C)n(-c3cccc(F)c3)c2C)nnc1N1CCOCC1. The number of carbonyl (C=O) groups is 1. The van der Waals surface area contributed by atoms with E-state index in [2.05, 4.69) is 15.1 Å². The highest BCUT2D eigenvalue weighted by Gasteiger charge is 2.22. The standard InChI is InChI=1S/C22H26FN5O2S/c1-4-27-21(26-8-10-30-11-9-26)24-25-22(27)31-14-20(29)19-12-15(2)28(16(19)3)18-7-5-6-17(23)13-18/h5-7,12-13H,4,8-11,14H2,1-3H3. The molecule has 1 saturated heterocycles. The number of morpholine rings is 1. The number of benzene rings is 1. The second kappa shape index (κ2) is 9.23. The molecular weight excluding hydrogens is 417 g/mol. The van der Waals surface area contributed by atoms with Crippen LogP contribution in [0.4, 0.5) is 10.3 Å². The average Bonchev–Trinajstić information content (AvgIpc) is 3.32. The Labute approximate surface area is 185 Å². The summed E-state index contributed by atoms with van der Waals surface area (Å²) in [5.41, 5.74) is 3.05. The molecule has 1 aliphatic rings. The summed E-state index contributed by atoms with van der Waals surface area (Å²) in [5.74, 6) is 0.794. The van der Waals surface area contributed by atoms with Crippen LogP contribution in [-0.2, 0) is 11.3 Å². The van der Waals surface area contributed by atoms with Gasteiger partial charge in [0.05, 0.1) is 19.0 Å². The van der Waals surface area contributed by atoms with Crippen LogP contribution in [0.15, 0.2) is 35.5 Å². The van der Waals surface area contributed by atoms with E-state index in [-0.39, 0.29) is 17.4 Å². The van der Waals surface area contributed by atoms with Crippen molar-refractivity contribution in [3.63, 3.8) is 0 Å². The summed E-state index contributed by atoms with van der Waals surface area (Å²) in [4.78, 5) is 15.2. The number of hydrogen-bond donors (Lipinski definition) is 0. The lowest BCUT2D eigenvalue weighted by molar-refractivity contribution is 0.102. The molecular formula is C22H26FN5O2S. The van der Waals surface area contributed by atoms with Gasteiger partial charge in [-0.1, -0.05) is 17.8 Å². The van der Waals surface area contributed by atoms with Crippen molar-refractivity contribution < 1.29 is 13.9 Å². The topological polar surface area (TPSA) is 65.2 Å². The average molecular weight is 444 g/mol. The third-order valence-corrected chi connectivity index (χ3v) is 6.40. The lowest BCUT2D eigenvalue weighted by Gasteiger charge is -2.27. The van der Waals surface area contributed by atoms with Crippen LogP contribution in [0.5, 0.6) is 0 Å². The van der Waals surface area contributed by atoms with Crippen molar-refractivity contribution in [2.45, 2.75) is 32.5 Å². The Hall–Kier alpha value is -2.65. The Kier molecular flexibility index (Phi) is 6.43. The number of ether oxygens (including phenoxy) is 1. The number of thioether (sulfide) groups is 1. The number of Topliss-reactive ketones (excluding diaryl/α,β-unsaturated/α-hetero) is 1. The second-order valence-corrected chi connectivity index (χ2v) is 8.38. The molecule has 0 bridgehead atoms. The number of ketones is 1. The fourth-order valence-corrected chi connectivity index (χ4v) is 4.81.